The summed E-state index contributed by atoms with van der Waals surface area (Å²) in [7, 11) is 0. The predicted molar refractivity (Wildman–Crippen MR) is 75.6 cm³/mol. The average molecular weight is 380 g/mol. The summed E-state index contributed by atoms with van der Waals surface area (Å²) in [4.78, 5) is 11.9. The van der Waals surface area contributed by atoms with Crippen molar-refractivity contribution in [2.75, 3.05) is 0 Å². The molecule has 0 atom stereocenters. The Kier molecular flexibility index (Phi) is 4.58. The predicted octanol–water partition coefficient (Wildman–Crippen LogP) is 5.34. The molecule has 110 valence electrons. The van der Waals surface area contributed by atoms with Crippen LogP contribution in [0.5, 0.6) is 5.75 Å². The molecule has 0 aliphatic carbocycles. The Bertz CT molecular complexity index is 686. The van der Waals surface area contributed by atoms with Gasteiger partial charge in [-0.3, -0.25) is 0 Å². The van der Waals surface area contributed by atoms with Gasteiger partial charge in [-0.1, -0.05) is 33.6 Å². The Balaban J connectivity index is 2.25. The van der Waals surface area contributed by atoms with Gasteiger partial charge in [0.25, 0.3) is 0 Å². The monoisotopic (exact) mass is 378 g/mol. The average Bonchev–Trinajstić information content (AvgIpc) is 2.41. The molecule has 0 fully saturated rings. The van der Waals surface area contributed by atoms with Crippen molar-refractivity contribution in [1.82, 2.24) is 0 Å². The van der Waals surface area contributed by atoms with Gasteiger partial charge in [-0.05, 0) is 36.4 Å². The molecule has 0 unspecified atom stereocenters. The van der Waals surface area contributed by atoms with Crippen molar-refractivity contribution in [3.05, 3.63) is 63.1 Å². The van der Waals surface area contributed by atoms with Crippen LogP contribution < -0.4 is 4.74 Å². The van der Waals surface area contributed by atoms with Crippen LogP contribution >= 0.6 is 27.5 Å². The summed E-state index contributed by atoms with van der Waals surface area (Å²) in [5.41, 5.74) is -1.12. The number of ether oxygens (including phenoxy) is 1. The van der Waals surface area contributed by atoms with Gasteiger partial charge in [-0.2, -0.15) is 13.2 Å². The minimum Gasteiger partial charge on any atom is -0.421 e. The number of alkyl halides is 3. The van der Waals surface area contributed by atoms with Crippen molar-refractivity contribution in [3.8, 4) is 5.75 Å². The van der Waals surface area contributed by atoms with Crippen LogP contribution in [0.15, 0.2) is 46.9 Å². The van der Waals surface area contributed by atoms with E-state index in [1.54, 1.807) is 6.07 Å². The lowest BCUT2D eigenvalue weighted by Gasteiger charge is -2.09. The molecule has 7 heteroatoms. The van der Waals surface area contributed by atoms with Crippen LogP contribution in [0, 0.1) is 0 Å². The van der Waals surface area contributed by atoms with Crippen LogP contribution in [0.25, 0.3) is 0 Å². The van der Waals surface area contributed by atoms with Gasteiger partial charge in [0, 0.05) is 4.47 Å². The molecule has 0 saturated heterocycles. The third-order valence-electron chi connectivity index (χ3n) is 2.52. The van der Waals surface area contributed by atoms with E-state index in [0.717, 1.165) is 18.2 Å². The molecule has 0 radical (unpaired) electrons. The Morgan fingerprint density at radius 2 is 1.86 bits per heavy atom. The molecule has 0 aliphatic heterocycles. The molecule has 2 aromatic carbocycles. The first-order valence-corrected chi connectivity index (χ1v) is 6.79. The minimum atomic E-state index is -4.52. The first-order valence-electron chi connectivity index (χ1n) is 5.62. The van der Waals surface area contributed by atoms with E-state index in [-0.39, 0.29) is 16.3 Å². The first-order chi connectivity index (χ1) is 9.77. The van der Waals surface area contributed by atoms with Crippen LogP contribution in [0.3, 0.4) is 0 Å². The van der Waals surface area contributed by atoms with Crippen molar-refractivity contribution in [1.29, 1.82) is 0 Å². The lowest BCUT2D eigenvalue weighted by Crippen LogP contribution is -2.11. The fourth-order valence-electron chi connectivity index (χ4n) is 1.54. The van der Waals surface area contributed by atoms with Crippen LogP contribution in [-0.4, -0.2) is 5.97 Å². The van der Waals surface area contributed by atoms with Gasteiger partial charge in [0.2, 0.25) is 0 Å². The van der Waals surface area contributed by atoms with E-state index in [1.807, 2.05) is 0 Å². The summed E-state index contributed by atoms with van der Waals surface area (Å²) in [5, 5.41) is 0.171. The fourth-order valence-corrected chi connectivity index (χ4v) is 2.25. The standard InChI is InChI=1S/C14H7BrClF3O2/c15-10-4-5-12(11(16)7-10)21-13(20)8-2-1-3-9(6-8)14(17,18)19/h1-7H. The van der Waals surface area contributed by atoms with Crippen LogP contribution in [0.2, 0.25) is 5.02 Å². The van der Waals surface area contributed by atoms with E-state index in [2.05, 4.69) is 15.9 Å². The molecule has 0 N–H and O–H groups in total. The Morgan fingerprint density at radius 3 is 2.48 bits per heavy atom. The Labute approximate surface area is 131 Å². The molecule has 0 heterocycles. The largest absolute Gasteiger partial charge is 0.421 e. The molecule has 2 aromatic rings. The summed E-state index contributed by atoms with van der Waals surface area (Å²) in [6.45, 7) is 0. The maximum atomic E-state index is 12.6. The van der Waals surface area contributed by atoms with Gasteiger partial charge in [0.05, 0.1) is 16.1 Å². The number of rotatable bonds is 2. The second-order valence-electron chi connectivity index (χ2n) is 4.04. The number of esters is 1. The van der Waals surface area contributed by atoms with E-state index in [4.69, 9.17) is 16.3 Å². The lowest BCUT2D eigenvalue weighted by atomic mass is 10.1. The second-order valence-corrected chi connectivity index (χ2v) is 5.37. The highest BCUT2D eigenvalue weighted by molar-refractivity contribution is 9.10. The van der Waals surface area contributed by atoms with Crippen molar-refractivity contribution in [2.45, 2.75) is 6.18 Å². The smallest absolute Gasteiger partial charge is 0.416 e. The lowest BCUT2D eigenvalue weighted by molar-refractivity contribution is -0.137. The summed E-state index contributed by atoms with van der Waals surface area (Å²) in [6.07, 6.45) is -4.52. The summed E-state index contributed by atoms with van der Waals surface area (Å²) >= 11 is 9.07. The van der Waals surface area contributed by atoms with E-state index in [1.165, 1.54) is 18.2 Å². The van der Waals surface area contributed by atoms with Gasteiger partial charge in [0.15, 0.2) is 0 Å². The molecule has 0 saturated carbocycles. The van der Waals surface area contributed by atoms with Gasteiger partial charge in [0.1, 0.15) is 5.75 Å². The zero-order valence-corrected chi connectivity index (χ0v) is 12.6. The number of carbonyl (C=O) groups excluding carboxylic acids is 1. The molecular weight excluding hydrogens is 373 g/mol. The highest BCUT2D eigenvalue weighted by Gasteiger charge is 2.31. The highest BCUT2D eigenvalue weighted by Crippen LogP contribution is 2.31. The normalized spacial score (nSPS) is 11.3. The molecule has 0 bridgehead atoms. The fraction of sp³-hybridized carbons (Fsp3) is 0.0714. The van der Waals surface area contributed by atoms with Crippen molar-refractivity contribution in [2.24, 2.45) is 0 Å². The van der Waals surface area contributed by atoms with Crippen molar-refractivity contribution >= 4 is 33.5 Å². The van der Waals surface area contributed by atoms with E-state index in [0.29, 0.717) is 4.47 Å². The maximum absolute atomic E-state index is 12.6. The SMILES string of the molecule is O=C(Oc1ccc(Br)cc1Cl)c1cccc(C(F)(F)F)c1. The number of carbonyl (C=O) groups is 1. The van der Waals surface area contributed by atoms with Crippen molar-refractivity contribution < 1.29 is 22.7 Å². The molecule has 0 spiro atoms. The summed E-state index contributed by atoms with van der Waals surface area (Å²) < 4.78 is 43.4. The topological polar surface area (TPSA) is 26.3 Å². The van der Waals surface area contributed by atoms with E-state index < -0.39 is 17.7 Å². The molecule has 2 nitrogen and oxygen atoms in total. The van der Waals surface area contributed by atoms with Crippen LogP contribution in [0.1, 0.15) is 15.9 Å². The zero-order chi connectivity index (χ0) is 15.6. The van der Waals surface area contributed by atoms with E-state index in [9.17, 15) is 18.0 Å². The minimum absolute atomic E-state index is 0.0716. The number of hydrogen-bond donors (Lipinski definition) is 0. The molecule has 2 rings (SSSR count). The third kappa shape index (κ3) is 3.98. The highest BCUT2D eigenvalue weighted by atomic mass is 79.9. The summed E-state index contributed by atoms with van der Waals surface area (Å²) in [5.74, 6) is -0.840. The molecular formula is C14H7BrClF3O2. The maximum Gasteiger partial charge on any atom is 0.416 e. The second kappa shape index (κ2) is 6.07. The molecule has 0 amide bonds. The summed E-state index contributed by atoms with van der Waals surface area (Å²) in [6, 6.07) is 8.54. The third-order valence-corrected chi connectivity index (χ3v) is 3.31. The van der Waals surface area contributed by atoms with Gasteiger partial charge < -0.3 is 4.74 Å². The van der Waals surface area contributed by atoms with Gasteiger partial charge in [-0.25, -0.2) is 4.79 Å². The van der Waals surface area contributed by atoms with Crippen LogP contribution in [0.4, 0.5) is 13.2 Å². The Hall–Kier alpha value is -1.53. The van der Waals surface area contributed by atoms with Crippen LogP contribution in [-0.2, 0) is 6.18 Å². The molecule has 21 heavy (non-hydrogen) atoms. The first kappa shape index (κ1) is 15.9. The van der Waals surface area contributed by atoms with E-state index >= 15 is 0 Å². The Morgan fingerprint density at radius 1 is 1.14 bits per heavy atom. The molecule has 0 aromatic heterocycles. The molecule has 0 aliphatic rings. The zero-order valence-electron chi connectivity index (χ0n) is 10.2. The number of hydrogen-bond acceptors (Lipinski definition) is 2. The number of benzene rings is 2. The van der Waals surface area contributed by atoms with Gasteiger partial charge in [-0.15, -0.1) is 0 Å². The van der Waals surface area contributed by atoms with Gasteiger partial charge >= 0.3 is 12.1 Å². The van der Waals surface area contributed by atoms with Crippen molar-refractivity contribution in [3.63, 3.8) is 0 Å². The quantitative estimate of drug-likeness (QED) is 0.520. The number of halogens is 5.